The number of fused-ring (bicyclic) bond motifs is 1. The molecule has 0 bridgehead atoms. The van der Waals surface area contributed by atoms with E-state index in [2.05, 4.69) is 22.2 Å². The molecule has 1 unspecified atom stereocenters. The van der Waals surface area contributed by atoms with Gasteiger partial charge in [-0.3, -0.25) is 4.79 Å². The molecule has 1 aromatic carbocycles. The number of H-pyrrole nitrogens is 1. The number of nitrogens with zero attached hydrogens (tertiary/aromatic N) is 1. The van der Waals surface area contributed by atoms with E-state index in [1.54, 1.807) is 0 Å². The number of nitrogens with one attached hydrogen (secondary N) is 2. The van der Waals surface area contributed by atoms with E-state index >= 15 is 0 Å². The Morgan fingerprint density at radius 2 is 2.30 bits per heavy atom. The van der Waals surface area contributed by atoms with Crippen molar-refractivity contribution in [2.75, 3.05) is 38.6 Å². The molecule has 20 heavy (non-hydrogen) atoms. The lowest BCUT2D eigenvalue weighted by atomic mass is 10.2. The fourth-order valence-corrected chi connectivity index (χ4v) is 2.52. The van der Waals surface area contributed by atoms with Gasteiger partial charge >= 0.3 is 0 Å². The van der Waals surface area contributed by atoms with Crippen LogP contribution in [-0.4, -0.2) is 49.3 Å². The Morgan fingerprint density at radius 1 is 1.45 bits per heavy atom. The summed E-state index contributed by atoms with van der Waals surface area (Å²) in [6.07, 6.45) is 0.156. The van der Waals surface area contributed by atoms with E-state index in [9.17, 15) is 4.79 Å². The third-order valence-electron chi connectivity index (χ3n) is 3.62. The topological polar surface area (TPSA) is 57.4 Å². The van der Waals surface area contributed by atoms with E-state index in [1.165, 1.54) is 0 Å². The van der Waals surface area contributed by atoms with Gasteiger partial charge in [-0.2, -0.15) is 0 Å². The SMILES string of the molecule is CN1CCOC(CNc2cc3ccccc3c(=O)[nH]2)C1. The summed E-state index contributed by atoms with van der Waals surface area (Å²) in [6.45, 7) is 3.34. The van der Waals surface area contributed by atoms with Gasteiger partial charge < -0.3 is 19.9 Å². The lowest BCUT2D eigenvalue weighted by Crippen LogP contribution is -2.43. The molecule has 1 aliphatic heterocycles. The summed E-state index contributed by atoms with van der Waals surface area (Å²) in [5, 5.41) is 4.92. The van der Waals surface area contributed by atoms with Crippen molar-refractivity contribution in [1.82, 2.24) is 9.88 Å². The maximum absolute atomic E-state index is 12.0. The van der Waals surface area contributed by atoms with Gasteiger partial charge in [0.1, 0.15) is 5.82 Å². The first kappa shape index (κ1) is 13.1. The minimum atomic E-state index is -0.0627. The van der Waals surface area contributed by atoms with Crippen LogP contribution in [0.3, 0.4) is 0 Å². The van der Waals surface area contributed by atoms with E-state index in [1.807, 2.05) is 30.3 Å². The highest BCUT2D eigenvalue weighted by Gasteiger charge is 2.17. The molecule has 1 fully saturated rings. The van der Waals surface area contributed by atoms with E-state index < -0.39 is 0 Å². The quantitative estimate of drug-likeness (QED) is 0.884. The van der Waals surface area contributed by atoms with Crippen molar-refractivity contribution in [3.8, 4) is 0 Å². The average molecular weight is 273 g/mol. The van der Waals surface area contributed by atoms with Gasteiger partial charge in [-0.25, -0.2) is 0 Å². The first-order valence-electron chi connectivity index (χ1n) is 6.88. The van der Waals surface area contributed by atoms with Crippen LogP contribution in [0.25, 0.3) is 10.8 Å². The van der Waals surface area contributed by atoms with Gasteiger partial charge in [0.15, 0.2) is 0 Å². The van der Waals surface area contributed by atoms with Crippen molar-refractivity contribution in [3.63, 3.8) is 0 Å². The summed E-state index contributed by atoms with van der Waals surface area (Å²) in [7, 11) is 2.09. The molecular weight excluding hydrogens is 254 g/mol. The van der Waals surface area contributed by atoms with Gasteiger partial charge in [0, 0.05) is 25.0 Å². The van der Waals surface area contributed by atoms with Gasteiger partial charge in [0.2, 0.25) is 0 Å². The van der Waals surface area contributed by atoms with Crippen LogP contribution in [0, 0.1) is 0 Å². The zero-order valence-electron chi connectivity index (χ0n) is 11.6. The molecule has 0 saturated carbocycles. The summed E-state index contributed by atoms with van der Waals surface area (Å²) >= 11 is 0. The van der Waals surface area contributed by atoms with Crippen LogP contribution in [0.5, 0.6) is 0 Å². The minimum Gasteiger partial charge on any atom is -0.374 e. The number of hydrogen-bond acceptors (Lipinski definition) is 4. The molecule has 2 N–H and O–H groups in total. The van der Waals surface area contributed by atoms with Crippen LogP contribution >= 0.6 is 0 Å². The lowest BCUT2D eigenvalue weighted by molar-refractivity contribution is -0.0117. The second-order valence-corrected chi connectivity index (χ2v) is 5.24. The Morgan fingerprint density at radius 3 is 3.15 bits per heavy atom. The number of benzene rings is 1. The molecule has 1 aliphatic rings. The fraction of sp³-hybridized carbons (Fsp3) is 0.400. The molecule has 5 nitrogen and oxygen atoms in total. The van der Waals surface area contributed by atoms with Crippen LogP contribution in [0.2, 0.25) is 0 Å². The van der Waals surface area contributed by atoms with E-state index in [-0.39, 0.29) is 11.7 Å². The van der Waals surface area contributed by atoms with Gasteiger partial charge in [0.25, 0.3) is 5.56 Å². The number of likely N-dealkylation sites (N-methyl/N-ethyl adjacent to an activating group) is 1. The summed E-state index contributed by atoms with van der Waals surface area (Å²) in [5.41, 5.74) is -0.0627. The fourth-order valence-electron chi connectivity index (χ4n) is 2.52. The number of morpholine rings is 1. The van der Waals surface area contributed by atoms with Crippen LogP contribution in [0.4, 0.5) is 5.82 Å². The number of anilines is 1. The summed E-state index contributed by atoms with van der Waals surface area (Å²) in [4.78, 5) is 17.1. The Balaban J connectivity index is 1.73. The maximum Gasteiger partial charge on any atom is 0.257 e. The zero-order chi connectivity index (χ0) is 13.9. The minimum absolute atomic E-state index is 0.0627. The zero-order valence-corrected chi connectivity index (χ0v) is 11.6. The van der Waals surface area contributed by atoms with Crippen molar-refractivity contribution < 1.29 is 4.74 Å². The highest BCUT2D eigenvalue weighted by molar-refractivity contribution is 5.83. The Bertz CT molecular complexity index is 653. The van der Waals surface area contributed by atoms with Crippen molar-refractivity contribution >= 4 is 16.6 Å². The molecule has 2 aromatic rings. The molecule has 5 heteroatoms. The van der Waals surface area contributed by atoms with Crippen LogP contribution in [0.15, 0.2) is 35.1 Å². The van der Waals surface area contributed by atoms with Crippen LogP contribution in [0.1, 0.15) is 0 Å². The number of hydrogen-bond donors (Lipinski definition) is 2. The number of ether oxygens (including phenoxy) is 1. The van der Waals surface area contributed by atoms with Crippen molar-refractivity contribution in [1.29, 1.82) is 0 Å². The molecule has 0 amide bonds. The third-order valence-corrected chi connectivity index (χ3v) is 3.62. The largest absolute Gasteiger partial charge is 0.374 e. The molecule has 0 radical (unpaired) electrons. The molecule has 0 spiro atoms. The van der Waals surface area contributed by atoms with E-state index in [0.717, 1.165) is 30.9 Å². The molecule has 1 atom stereocenters. The predicted octanol–water partition coefficient (Wildman–Crippen LogP) is 1.27. The predicted molar refractivity (Wildman–Crippen MR) is 80.3 cm³/mol. The molecule has 106 valence electrons. The Kier molecular flexibility index (Phi) is 3.71. The smallest absolute Gasteiger partial charge is 0.257 e. The molecule has 3 rings (SSSR count). The van der Waals surface area contributed by atoms with E-state index in [4.69, 9.17) is 4.74 Å². The Labute approximate surface area is 117 Å². The normalized spacial score (nSPS) is 20.1. The highest BCUT2D eigenvalue weighted by atomic mass is 16.5. The first-order chi connectivity index (χ1) is 9.72. The average Bonchev–Trinajstić information content (AvgIpc) is 2.45. The molecule has 1 saturated heterocycles. The van der Waals surface area contributed by atoms with E-state index in [0.29, 0.717) is 11.9 Å². The van der Waals surface area contributed by atoms with Crippen molar-refractivity contribution in [3.05, 3.63) is 40.7 Å². The third kappa shape index (κ3) is 2.84. The second kappa shape index (κ2) is 5.64. The molecule has 0 aliphatic carbocycles. The maximum atomic E-state index is 12.0. The monoisotopic (exact) mass is 273 g/mol. The van der Waals surface area contributed by atoms with Crippen molar-refractivity contribution in [2.45, 2.75) is 6.10 Å². The summed E-state index contributed by atoms with van der Waals surface area (Å²) in [5.74, 6) is 0.741. The molecular formula is C15H19N3O2. The van der Waals surface area contributed by atoms with Gasteiger partial charge in [-0.1, -0.05) is 18.2 Å². The lowest BCUT2D eigenvalue weighted by Gasteiger charge is -2.30. The summed E-state index contributed by atoms with van der Waals surface area (Å²) < 4.78 is 5.69. The van der Waals surface area contributed by atoms with Gasteiger partial charge in [-0.05, 0) is 24.6 Å². The number of aromatic amines is 1. The molecule has 2 heterocycles. The van der Waals surface area contributed by atoms with Gasteiger partial charge in [-0.15, -0.1) is 0 Å². The number of aromatic nitrogens is 1. The Hall–Kier alpha value is -1.85. The van der Waals surface area contributed by atoms with Crippen molar-refractivity contribution in [2.24, 2.45) is 0 Å². The van der Waals surface area contributed by atoms with Crippen LogP contribution in [-0.2, 0) is 4.74 Å². The van der Waals surface area contributed by atoms with Gasteiger partial charge in [0.05, 0.1) is 12.7 Å². The van der Waals surface area contributed by atoms with Crippen LogP contribution < -0.4 is 10.9 Å². The standard InChI is InChI=1S/C15H19N3O2/c1-18-6-7-20-12(10-18)9-16-14-8-11-4-2-3-5-13(11)15(19)17-14/h2-5,8,12H,6-7,9-10H2,1H3,(H2,16,17,19). The molecule has 1 aromatic heterocycles. The second-order valence-electron chi connectivity index (χ2n) is 5.24. The number of rotatable bonds is 3. The number of pyridine rings is 1. The summed E-state index contributed by atoms with van der Waals surface area (Å²) in [6, 6.07) is 9.54. The first-order valence-corrected chi connectivity index (χ1v) is 6.88. The highest BCUT2D eigenvalue weighted by Crippen LogP contribution is 2.13.